The standard InChI is InChI=1S/C18H31FN2/c1-5-21(17-12-10-16(19)11-13-17)15-9-7-6-8-14-20-18(2,3)4/h10-13,20H,5-9,14-15H2,1-4H3. The molecule has 0 atom stereocenters. The molecule has 3 heteroatoms. The summed E-state index contributed by atoms with van der Waals surface area (Å²) < 4.78 is 12.9. The zero-order chi connectivity index (χ0) is 15.7. The van der Waals surface area contributed by atoms with Gasteiger partial charge < -0.3 is 10.2 Å². The Labute approximate surface area is 129 Å². The Kier molecular flexibility index (Phi) is 7.73. The summed E-state index contributed by atoms with van der Waals surface area (Å²) in [7, 11) is 0. The molecule has 0 aliphatic carbocycles. The van der Waals surface area contributed by atoms with E-state index < -0.39 is 0 Å². The second-order valence-corrected chi connectivity index (χ2v) is 6.65. The fraction of sp³-hybridized carbons (Fsp3) is 0.667. The van der Waals surface area contributed by atoms with Crippen molar-refractivity contribution >= 4 is 5.69 Å². The third-order valence-electron chi connectivity index (χ3n) is 3.58. The number of halogens is 1. The first kappa shape index (κ1) is 18.0. The first-order valence-electron chi connectivity index (χ1n) is 8.18. The van der Waals surface area contributed by atoms with E-state index in [-0.39, 0.29) is 11.4 Å². The van der Waals surface area contributed by atoms with Crippen molar-refractivity contribution in [1.29, 1.82) is 0 Å². The molecular formula is C18H31FN2. The van der Waals surface area contributed by atoms with Crippen LogP contribution in [0.15, 0.2) is 24.3 Å². The van der Waals surface area contributed by atoms with Gasteiger partial charge in [0.1, 0.15) is 5.82 Å². The van der Waals surface area contributed by atoms with Gasteiger partial charge in [0.15, 0.2) is 0 Å². The first-order valence-corrected chi connectivity index (χ1v) is 8.18. The fourth-order valence-corrected chi connectivity index (χ4v) is 2.37. The highest BCUT2D eigenvalue weighted by Gasteiger charge is 2.07. The minimum Gasteiger partial charge on any atom is -0.372 e. The number of nitrogens with one attached hydrogen (secondary N) is 1. The number of rotatable bonds is 9. The molecule has 0 aliphatic heterocycles. The maximum absolute atomic E-state index is 12.9. The quantitative estimate of drug-likeness (QED) is 0.670. The lowest BCUT2D eigenvalue weighted by Gasteiger charge is -2.23. The molecule has 0 bridgehead atoms. The Morgan fingerprint density at radius 1 is 1.00 bits per heavy atom. The predicted octanol–water partition coefficient (Wildman–Crippen LogP) is 4.60. The molecule has 1 rings (SSSR count). The number of unbranched alkanes of at least 4 members (excludes halogenated alkanes) is 3. The van der Waals surface area contributed by atoms with Gasteiger partial charge in [-0.3, -0.25) is 0 Å². The van der Waals surface area contributed by atoms with E-state index >= 15 is 0 Å². The molecule has 0 aromatic heterocycles. The van der Waals surface area contributed by atoms with Crippen molar-refractivity contribution < 1.29 is 4.39 Å². The molecule has 21 heavy (non-hydrogen) atoms. The zero-order valence-electron chi connectivity index (χ0n) is 14.1. The highest BCUT2D eigenvalue weighted by atomic mass is 19.1. The average molecular weight is 294 g/mol. The van der Waals surface area contributed by atoms with Crippen LogP contribution < -0.4 is 10.2 Å². The number of hydrogen-bond donors (Lipinski definition) is 1. The maximum atomic E-state index is 12.9. The van der Waals surface area contributed by atoms with Gasteiger partial charge in [0.2, 0.25) is 0 Å². The molecule has 1 aromatic carbocycles. The van der Waals surface area contributed by atoms with Crippen LogP contribution in [0.5, 0.6) is 0 Å². The molecule has 0 saturated heterocycles. The molecule has 0 spiro atoms. The van der Waals surface area contributed by atoms with Crippen LogP contribution in [-0.4, -0.2) is 25.2 Å². The summed E-state index contributed by atoms with van der Waals surface area (Å²) in [5.41, 5.74) is 1.34. The molecule has 0 saturated carbocycles. The van der Waals surface area contributed by atoms with Crippen LogP contribution in [0.3, 0.4) is 0 Å². The largest absolute Gasteiger partial charge is 0.372 e. The minimum atomic E-state index is -0.166. The average Bonchev–Trinajstić information content (AvgIpc) is 2.42. The van der Waals surface area contributed by atoms with Crippen molar-refractivity contribution in [3.63, 3.8) is 0 Å². The fourth-order valence-electron chi connectivity index (χ4n) is 2.37. The van der Waals surface area contributed by atoms with Crippen LogP contribution in [-0.2, 0) is 0 Å². The van der Waals surface area contributed by atoms with Gasteiger partial charge in [0.05, 0.1) is 0 Å². The molecule has 0 heterocycles. The molecule has 1 aromatic rings. The van der Waals surface area contributed by atoms with Crippen LogP contribution in [0.2, 0.25) is 0 Å². The summed E-state index contributed by atoms with van der Waals surface area (Å²) in [6, 6.07) is 6.81. The molecule has 2 nitrogen and oxygen atoms in total. The lowest BCUT2D eigenvalue weighted by molar-refractivity contribution is 0.416. The normalized spacial score (nSPS) is 11.7. The second-order valence-electron chi connectivity index (χ2n) is 6.65. The van der Waals surface area contributed by atoms with Crippen LogP contribution in [0, 0.1) is 5.82 Å². The SMILES string of the molecule is CCN(CCCCCCNC(C)(C)C)c1ccc(F)cc1. The van der Waals surface area contributed by atoms with E-state index in [2.05, 4.69) is 37.9 Å². The van der Waals surface area contributed by atoms with Gasteiger partial charge in [-0.15, -0.1) is 0 Å². The van der Waals surface area contributed by atoms with E-state index in [0.717, 1.165) is 25.3 Å². The summed E-state index contributed by atoms with van der Waals surface area (Å²) in [5.74, 6) is -0.166. The molecule has 120 valence electrons. The van der Waals surface area contributed by atoms with Gasteiger partial charge in [-0.25, -0.2) is 4.39 Å². The molecule has 0 amide bonds. The van der Waals surface area contributed by atoms with Gasteiger partial charge in [-0.1, -0.05) is 12.8 Å². The number of anilines is 1. The monoisotopic (exact) mass is 294 g/mol. The van der Waals surface area contributed by atoms with Crippen molar-refractivity contribution in [2.75, 3.05) is 24.5 Å². The number of hydrogen-bond acceptors (Lipinski definition) is 2. The Morgan fingerprint density at radius 2 is 1.62 bits per heavy atom. The first-order chi connectivity index (χ1) is 9.92. The van der Waals surface area contributed by atoms with E-state index in [1.807, 2.05) is 12.1 Å². The Balaban J connectivity index is 2.17. The van der Waals surface area contributed by atoms with E-state index in [4.69, 9.17) is 0 Å². The Bertz CT molecular complexity index is 381. The molecule has 1 N–H and O–H groups in total. The van der Waals surface area contributed by atoms with Crippen molar-refractivity contribution in [2.24, 2.45) is 0 Å². The molecule has 0 aliphatic rings. The smallest absolute Gasteiger partial charge is 0.123 e. The summed E-state index contributed by atoms with van der Waals surface area (Å²) in [6.07, 6.45) is 4.95. The molecule has 0 unspecified atom stereocenters. The summed E-state index contributed by atoms with van der Waals surface area (Å²) in [5, 5.41) is 3.52. The highest BCUT2D eigenvalue weighted by molar-refractivity contribution is 5.45. The number of nitrogens with zero attached hydrogens (tertiary/aromatic N) is 1. The maximum Gasteiger partial charge on any atom is 0.123 e. The molecule has 0 fully saturated rings. The van der Waals surface area contributed by atoms with Crippen molar-refractivity contribution in [3.8, 4) is 0 Å². The van der Waals surface area contributed by atoms with E-state index in [1.165, 1.54) is 37.8 Å². The second kappa shape index (κ2) is 9.04. The lowest BCUT2D eigenvalue weighted by atomic mass is 10.1. The van der Waals surface area contributed by atoms with Gasteiger partial charge in [-0.2, -0.15) is 0 Å². The lowest BCUT2D eigenvalue weighted by Crippen LogP contribution is -2.36. The third kappa shape index (κ3) is 8.05. The van der Waals surface area contributed by atoms with Crippen LogP contribution >= 0.6 is 0 Å². The van der Waals surface area contributed by atoms with Gasteiger partial charge in [0, 0.05) is 24.3 Å². The van der Waals surface area contributed by atoms with Crippen LogP contribution in [0.4, 0.5) is 10.1 Å². The van der Waals surface area contributed by atoms with E-state index in [9.17, 15) is 4.39 Å². The van der Waals surface area contributed by atoms with Gasteiger partial charge in [-0.05, 0) is 71.3 Å². The Morgan fingerprint density at radius 3 is 2.19 bits per heavy atom. The Hall–Kier alpha value is -1.09. The molecule has 0 radical (unpaired) electrons. The summed E-state index contributed by atoms with van der Waals surface area (Å²) in [4.78, 5) is 2.31. The predicted molar refractivity (Wildman–Crippen MR) is 90.5 cm³/mol. The molecular weight excluding hydrogens is 263 g/mol. The summed E-state index contributed by atoms with van der Waals surface area (Å²) in [6.45, 7) is 11.9. The van der Waals surface area contributed by atoms with Crippen molar-refractivity contribution in [2.45, 2.75) is 58.9 Å². The van der Waals surface area contributed by atoms with Crippen LogP contribution in [0.25, 0.3) is 0 Å². The summed E-state index contributed by atoms with van der Waals surface area (Å²) >= 11 is 0. The van der Waals surface area contributed by atoms with Gasteiger partial charge in [0.25, 0.3) is 0 Å². The number of benzene rings is 1. The topological polar surface area (TPSA) is 15.3 Å². The van der Waals surface area contributed by atoms with Crippen molar-refractivity contribution in [1.82, 2.24) is 5.32 Å². The third-order valence-corrected chi connectivity index (χ3v) is 3.58. The van der Waals surface area contributed by atoms with E-state index in [1.54, 1.807) is 0 Å². The van der Waals surface area contributed by atoms with Gasteiger partial charge >= 0.3 is 0 Å². The zero-order valence-corrected chi connectivity index (χ0v) is 14.1. The van der Waals surface area contributed by atoms with E-state index in [0.29, 0.717) is 0 Å². The van der Waals surface area contributed by atoms with Crippen LogP contribution in [0.1, 0.15) is 53.4 Å². The minimum absolute atomic E-state index is 0.166. The highest BCUT2D eigenvalue weighted by Crippen LogP contribution is 2.15. The van der Waals surface area contributed by atoms with Crippen molar-refractivity contribution in [3.05, 3.63) is 30.1 Å².